The van der Waals surface area contributed by atoms with Crippen LogP contribution in [0.5, 0.6) is 0 Å². The molecule has 5 heteroatoms. The van der Waals surface area contributed by atoms with E-state index in [-0.39, 0.29) is 5.91 Å². The normalized spacial score (nSPS) is 27.6. The zero-order valence-corrected chi connectivity index (χ0v) is 13.1. The van der Waals surface area contributed by atoms with Gasteiger partial charge in [-0.2, -0.15) is 0 Å². The number of amides is 1. The smallest absolute Gasteiger partial charge is 0.310 e. The number of carbonyl (C=O) groups is 2. The number of hydrogen-bond donors (Lipinski definition) is 1. The van der Waals surface area contributed by atoms with Crippen molar-refractivity contribution in [3.05, 3.63) is 0 Å². The predicted octanol–water partition coefficient (Wildman–Crippen LogP) is 1.97. The Morgan fingerprint density at radius 3 is 2.43 bits per heavy atom. The van der Waals surface area contributed by atoms with Gasteiger partial charge in [0.1, 0.15) is 0 Å². The van der Waals surface area contributed by atoms with Gasteiger partial charge >= 0.3 is 5.97 Å². The topological polar surface area (TPSA) is 60.9 Å². The van der Waals surface area contributed by atoms with Crippen molar-refractivity contribution < 1.29 is 14.7 Å². The van der Waals surface area contributed by atoms with Crippen LogP contribution in [0.4, 0.5) is 0 Å². The summed E-state index contributed by atoms with van der Waals surface area (Å²) in [5.41, 5.74) is -0.644. The van der Waals surface area contributed by atoms with E-state index < -0.39 is 11.4 Å². The summed E-state index contributed by atoms with van der Waals surface area (Å²) >= 11 is 0. The van der Waals surface area contributed by atoms with Crippen LogP contribution in [0.15, 0.2) is 0 Å². The minimum absolute atomic E-state index is 0.174. The molecule has 120 valence electrons. The second-order valence-corrected chi connectivity index (χ2v) is 6.59. The fourth-order valence-electron chi connectivity index (χ4n) is 3.76. The molecular weight excluding hydrogens is 268 g/mol. The Morgan fingerprint density at radius 2 is 1.81 bits per heavy atom. The summed E-state index contributed by atoms with van der Waals surface area (Å²) in [6.07, 6.45) is 6.61. The first kappa shape index (κ1) is 16.3. The number of piperidine rings is 2. The zero-order chi connectivity index (χ0) is 15.3. The second kappa shape index (κ2) is 7.25. The van der Waals surface area contributed by atoms with Crippen molar-refractivity contribution in [3.8, 4) is 0 Å². The molecule has 5 nitrogen and oxygen atoms in total. The monoisotopic (exact) mass is 296 g/mol. The Morgan fingerprint density at radius 1 is 1.10 bits per heavy atom. The lowest BCUT2D eigenvalue weighted by Crippen LogP contribution is -2.51. The van der Waals surface area contributed by atoms with Crippen LogP contribution in [0.25, 0.3) is 0 Å². The summed E-state index contributed by atoms with van der Waals surface area (Å²) in [4.78, 5) is 28.0. The predicted molar refractivity (Wildman–Crippen MR) is 81.1 cm³/mol. The maximum atomic E-state index is 12.3. The maximum Gasteiger partial charge on any atom is 0.310 e. The van der Waals surface area contributed by atoms with Crippen molar-refractivity contribution in [3.63, 3.8) is 0 Å². The fraction of sp³-hybridized carbons (Fsp3) is 0.875. The van der Waals surface area contributed by atoms with E-state index in [1.54, 1.807) is 0 Å². The van der Waals surface area contributed by atoms with Gasteiger partial charge in [0.25, 0.3) is 0 Å². The molecule has 2 aliphatic rings. The molecule has 1 amide bonds. The first-order valence-corrected chi connectivity index (χ1v) is 8.31. The van der Waals surface area contributed by atoms with Gasteiger partial charge in [-0.1, -0.05) is 13.3 Å². The summed E-state index contributed by atoms with van der Waals surface area (Å²) in [6, 6.07) is 0. The molecule has 1 unspecified atom stereocenters. The van der Waals surface area contributed by atoms with Gasteiger partial charge in [-0.15, -0.1) is 0 Å². The van der Waals surface area contributed by atoms with Crippen molar-refractivity contribution in [1.29, 1.82) is 0 Å². The third kappa shape index (κ3) is 3.96. The first-order chi connectivity index (χ1) is 10.1. The quantitative estimate of drug-likeness (QED) is 0.842. The molecule has 0 bridgehead atoms. The number of carboxylic acid groups (broad SMARTS) is 1. The molecule has 2 fully saturated rings. The van der Waals surface area contributed by atoms with Crippen molar-refractivity contribution in [1.82, 2.24) is 9.80 Å². The third-order valence-corrected chi connectivity index (χ3v) is 4.91. The van der Waals surface area contributed by atoms with Crippen molar-refractivity contribution in [2.24, 2.45) is 5.41 Å². The largest absolute Gasteiger partial charge is 0.481 e. The highest BCUT2D eigenvalue weighted by molar-refractivity contribution is 5.79. The van der Waals surface area contributed by atoms with E-state index in [1.165, 1.54) is 6.42 Å². The van der Waals surface area contributed by atoms with Gasteiger partial charge in [-0.25, -0.2) is 0 Å². The summed E-state index contributed by atoms with van der Waals surface area (Å²) in [5.74, 6) is -0.521. The van der Waals surface area contributed by atoms with Gasteiger partial charge < -0.3 is 10.0 Å². The van der Waals surface area contributed by atoms with Crippen molar-refractivity contribution in [2.45, 2.75) is 51.9 Å². The molecule has 0 aromatic carbocycles. The van der Waals surface area contributed by atoms with Gasteiger partial charge in [0.2, 0.25) is 5.91 Å². The highest BCUT2D eigenvalue weighted by atomic mass is 16.4. The van der Waals surface area contributed by atoms with Crippen LogP contribution in [-0.4, -0.2) is 59.5 Å². The summed E-state index contributed by atoms with van der Waals surface area (Å²) in [6.45, 7) is 5.52. The molecule has 1 atom stereocenters. The Bertz CT molecular complexity index is 376. The fourth-order valence-corrected chi connectivity index (χ4v) is 3.76. The average molecular weight is 296 g/mol. The minimum Gasteiger partial charge on any atom is -0.481 e. The number of likely N-dealkylation sites (tertiary alicyclic amines) is 2. The van der Waals surface area contributed by atoms with Crippen LogP contribution in [0.2, 0.25) is 0 Å². The van der Waals surface area contributed by atoms with Gasteiger partial charge in [0.15, 0.2) is 0 Å². The lowest BCUT2D eigenvalue weighted by molar-refractivity contribution is -0.154. The van der Waals surface area contributed by atoms with Gasteiger partial charge in [0.05, 0.1) is 12.0 Å². The SMILES string of the molecule is CCCC1(C(=O)O)CCCN(CC(=O)N2CCCCC2)C1. The van der Waals surface area contributed by atoms with E-state index in [0.29, 0.717) is 19.5 Å². The average Bonchev–Trinajstić information content (AvgIpc) is 2.48. The summed E-state index contributed by atoms with van der Waals surface area (Å²) in [7, 11) is 0. The van der Waals surface area contributed by atoms with E-state index in [4.69, 9.17) is 0 Å². The molecular formula is C16H28N2O3. The molecule has 0 aromatic heterocycles. The number of hydrogen-bond acceptors (Lipinski definition) is 3. The highest BCUT2D eigenvalue weighted by Crippen LogP contribution is 2.35. The molecule has 2 aliphatic heterocycles. The summed E-state index contributed by atoms with van der Waals surface area (Å²) < 4.78 is 0. The van der Waals surface area contributed by atoms with Crippen LogP contribution < -0.4 is 0 Å². The van der Waals surface area contributed by atoms with E-state index in [2.05, 4.69) is 4.90 Å². The number of carboxylic acids is 1. The van der Waals surface area contributed by atoms with E-state index in [0.717, 1.165) is 51.7 Å². The van der Waals surface area contributed by atoms with Crippen LogP contribution in [0.3, 0.4) is 0 Å². The standard InChI is InChI=1S/C16H28N2O3/c1-2-7-16(15(20)21)8-6-9-17(13-16)12-14(19)18-10-4-3-5-11-18/h2-13H2,1H3,(H,20,21). The second-order valence-electron chi connectivity index (χ2n) is 6.59. The molecule has 0 radical (unpaired) electrons. The van der Waals surface area contributed by atoms with Gasteiger partial charge in [-0.05, 0) is 45.1 Å². The van der Waals surface area contributed by atoms with Gasteiger partial charge in [0, 0.05) is 19.6 Å². The van der Waals surface area contributed by atoms with Crippen LogP contribution in [0.1, 0.15) is 51.9 Å². The first-order valence-electron chi connectivity index (χ1n) is 8.31. The number of rotatable bonds is 5. The lowest BCUT2D eigenvalue weighted by Gasteiger charge is -2.40. The molecule has 0 aromatic rings. The summed E-state index contributed by atoms with van der Waals surface area (Å²) in [5, 5.41) is 9.60. The Balaban J connectivity index is 1.93. The molecule has 2 rings (SSSR count). The van der Waals surface area contributed by atoms with E-state index in [1.807, 2.05) is 11.8 Å². The van der Waals surface area contributed by atoms with Crippen LogP contribution in [-0.2, 0) is 9.59 Å². The number of aliphatic carboxylic acids is 1. The molecule has 2 heterocycles. The molecule has 0 aliphatic carbocycles. The Labute approximate surface area is 127 Å². The minimum atomic E-state index is -0.695. The molecule has 2 saturated heterocycles. The molecule has 0 saturated carbocycles. The van der Waals surface area contributed by atoms with Crippen LogP contribution in [0, 0.1) is 5.41 Å². The Kier molecular flexibility index (Phi) is 5.62. The maximum absolute atomic E-state index is 12.3. The van der Waals surface area contributed by atoms with E-state index in [9.17, 15) is 14.7 Å². The van der Waals surface area contributed by atoms with Crippen molar-refractivity contribution in [2.75, 3.05) is 32.7 Å². The number of carbonyl (C=O) groups excluding carboxylic acids is 1. The Hall–Kier alpha value is -1.10. The van der Waals surface area contributed by atoms with Crippen molar-refractivity contribution >= 4 is 11.9 Å². The molecule has 0 spiro atoms. The van der Waals surface area contributed by atoms with Gasteiger partial charge in [-0.3, -0.25) is 14.5 Å². The lowest BCUT2D eigenvalue weighted by atomic mass is 9.76. The molecule has 1 N–H and O–H groups in total. The molecule has 21 heavy (non-hydrogen) atoms. The number of nitrogens with zero attached hydrogens (tertiary/aromatic N) is 2. The van der Waals surface area contributed by atoms with E-state index >= 15 is 0 Å². The van der Waals surface area contributed by atoms with Crippen LogP contribution >= 0.6 is 0 Å². The highest BCUT2D eigenvalue weighted by Gasteiger charge is 2.42. The zero-order valence-electron chi connectivity index (χ0n) is 13.1. The third-order valence-electron chi connectivity index (χ3n) is 4.91.